The van der Waals surface area contributed by atoms with Crippen LogP contribution in [0.3, 0.4) is 0 Å². The van der Waals surface area contributed by atoms with E-state index >= 15 is 0 Å². The zero-order valence-electron chi connectivity index (χ0n) is 16.4. The molecule has 0 radical (unpaired) electrons. The van der Waals surface area contributed by atoms with Crippen LogP contribution in [0.15, 0.2) is 62.6 Å². The van der Waals surface area contributed by atoms with Crippen LogP contribution in [0, 0.1) is 0 Å². The fraction of sp³-hybridized carbons (Fsp3) is 0.182. The summed E-state index contributed by atoms with van der Waals surface area (Å²) in [4.78, 5) is 16.5. The number of benzene rings is 2. The van der Waals surface area contributed by atoms with Crippen molar-refractivity contribution in [3.8, 4) is 0 Å². The van der Waals surface area contributed by atoms with Crippen LogP contribution in [-0.4, -0.2) is 11.6 Å². The van der Waals surface area contributed by atoms with Gasteiger partial charge in [0.15, 0.2) is 0 Å². The molecule has 0 aliphatic carbocycles. The van der Waals surface area contributed by atoms with E-state index in [4.69, 9.17) is 4.42 Å². The van der Waals surface area contributed by atoms with E-state index < -0.39 is 0 Å². The molecule has 5 nitrogen and oxygen atoms in total. The predicted molar refractivity (Wildman–Crippen MR) is 119 cm³/mol. The Labute approximate surface area is 175 Å². The number of oxazole rings is 1. The molecular weight excluding hydrogens is 402 g/mol. The van der Waals surface area contributed by atoms with E-state index in [1.54, 1.807) is 11.8 Å². The fourth-order valence-electron chi connectivity index (χ4n) is 3.62. The molecule has 2 aromatic heterocycles. The number of anilines is 1. The molecule has 0 atom stereocenters. The van der Waals surface area contributed by atoms with E-state index in [-0.39, 0.29) is 5.56 Å². The molecular formula is C22H20N3O2S2+. The third kappa shape index (κ3) is 2.84. The van der Waals surface area contributed by atoms with Crippen molar-refractivity contribution in [2.45, 2.75) is 18.4 Å². The van der Waals surface area contributed by atoms with Gasteiger partial charge >= 0.3 is 5.89 Å². The summed E-state index contributed by atoms with van der Waals surface area (Å²) >= 11 is 3.17. The van der Waals surface area contributed by atoms with Gasteiger partial charge in [-0.15, -0.1) is 11.3 Å². The van der Waals surface area contributed by atoms with E-state index in [0.717, 1.165) is 36.9 Å². The average Bonchev–Trinajstić information content (AvgIpc) is 3.34. The highest BCUT2D eigenvalue weighted by molar-refractivity contribution is 8.08. The summed E-state index contributed by atoms with van der Waals surface area (Å²) in [6.07, 6.45) is 1.96. The van der Waals surface area contributed by atoms with Crippen LogP contribution in [0.5, 0.6) is 0 Å². The number of nitrogens with zero attached hydrogens (tertiary/aromatic N) is 3. The topological polar surface area (TPSA) is 42.3 Å². The number of thioether (sulfide) groups is 1. The van der Waals surface area contributed by atoms with Crippen molar-refractivity contribution in [2.24, 2.45) is 7.05 Å². The normalized spacial score (nSPS) is 16.1. The van der Waals surface area contributed by atoms with Gasteiger partial charge in [0.2, 0.25) is 5.58 Å². The summed E-state index contributed by atoms with van der Waals surface area (Å²) in [5.41, 5.74) is 3.04. The third-order valence-electron chi connectivity index (χ3n) is 5.18. The van der Waals surface area contributed by atoms with Crippen molar-refractivity contribution in [2.75, 3.05) is 11.9 Å². The molecule has 1 aliphatic heterocycles. The van der Waals surface area contributed by atoms with Crippen LogP contribution in [0.2, 0.25) is 0 Å². The smallest absolute Gasteiger partial charge is 0.376 e. The lowest BCUT2D eigenvalue weighted by molar-refractivity contribution is -0.652. The number of fused-ring (bicyclic) bond motifs is 2. The summed E-state index contributed by atoms with van der Waals surface area (Å²) in [6.45, 7) is 2.61. The molecule has 1 aliphatic rings. The highest BCUT2D eigenvalue weighted by Crippen LogP contribution is 2.44. The minimum absolute atomic E-state index is 0.0460. The molecule has 0 unspecified atom stereocenters. The van der Waals surface area contributed by atoms with Gasteiger partial charge < -0.3 is 9.32 Å². The van der Waals surface area contributed by atoms with E-state index in [1.807, 2.05) is 72.6 Å². The Morgan fingerprint density at radius 2 is 1.90 bits per heavy atom. The first-order chi connectivity index (χ1) is 14.1. The van der Waals surface area contributed by atoms with Gasteiger partial charge in [0.05, 0.1) is 11.8 Å². The number of aryl methyl sites for hydroxylation is 1. The molecule has 3 heterocycles. The van der Waals surface area contributed by atoms with Crippen LogP contribution in [0.1, 0.15) is 12.8 Å². The van der Waals surface area contributed by atoms with Gasteiger partial charge in [0, 0.05) is 24.6 Å². The molecule has 0 bridgehead atoms. The Morgan fingerprint density at radius 1 is 1.14 bits per heavy atom. The van der Waals surface area contributed by atoms with Crippen LogP contribution in [0.4, 0.5) is 5.69 Å². The van der Waals surface area contributed by atoms with E-state index in [2.05, 4.69) is 17.0 Å². The molecule has 2 aromatic carbocycles. The summed E-state index contributed by atoms with van der Waals surface area (Å²) in [5, 5.41) is 0.983. The van der Waals surface area contributed by atoms with Gasteiger partial charge in [0.25, 0.3) is 11.1 Å². The first kappa shape index (κ1) is 18.3. The Morgan fingerprint density at radius 3 is 2.66 bits per heavy atom. The Kier molecular flexibility index (Phi) is 4.37. The molecule has 0 saturated heterocycles. The average molecular weight is 423 g/mol. The van der Waals surface area contributed by atoms with Crippen molar-refractivity contribution >= 4 is 51.0 Å². The first-order valence-electron chi connectivity index (χ1n) is 9.42. The second-order valence-electron chi connectivity index (χ2n) is 6.86. The SMILES string of the molecule is CCn1c(=Cc2oc3ccccc3[n+]2C)s/c(=C2\Sc3ccccc3N2C)c1=O. The van der Waals surface area contributed by atoms with E-state index in [9.17, 15) is 4.79 Å². The number of para-hydroxylation sites is 3. The zero-order valence-corrected chi connectivity index (χ0v) is 18.0. The maximum atomic E-state index is 13.2. The van der Waals surface area contributed by atoms with Crippen LogP contribution in [0.25, 0.3) is 22.2 Å². The molecule has 146 valence electrons. The highest BCUT2D eigenvalue weighted by Gasteiger charge is 2.24. The molecule has 4 aromatic rings. The van der Waals surface area contributed by atoms with E-state index in [1.165, 1.54) is 16.2 Å². The summed E-state index contributed by atoms with van der Waals surface area (Å²) < 4.78 is 11.5. The van der Waals surface area contributed by atoms with Crippen molar-refractivity contribution in [1.82, 2.24) is 4.57 Å². The standard InChI is InChI=1S/C22H20N3O2S2/c1-4-25-19(13-18-23(2)14-9-5-7-11-16(14)27-18)29-20(21(25)26)22-24(3)15-10-6-8-12-17(15)28-22/h5-13H,4H2,1-3H3/q+1/b22-20-. The molecule has 0 spiro atoms. The largest absolute Gasteiger partial charge is 0.398 e. The number of hydrogen-bond acceptors (Lipinski definition) is 5. The minimum Gasteiger partial charge on any atom is -0.398 e. The lowest BCUT2D eigenvalue weighted by Gasteiger charge is -2.11. The number of thiazole rings is 1. The van der Waals surface area contributed by atoms with Gasteiger partial charge in [-0.1, -0.05) is 36.0 Å². The van der Waals surface area contributed by atoms with Crippen LogP contribution >= 0.6 is 23.1 Å². The predicted octanol–water partition coefficient (Wildman–Crippen LogP) is 2.64. The highest BCUT2D eigenvalue weighted by atomic mass is 32.2. The second kappa shape index (κ2) is 6.93. The van der Waals surface area contributed by atoms with E-state index in [0.29, 0.717) is 6.54 Å². The molecule has 0 saturated carbocycles. The first-order valence-corrected chi connectivity index (χ1v) is 11.1. The minimum atomic E-state index is 0.0460. The van der Waals surface area contributed by atoms with Crippen molar-refractivity contribution in [3.63, 3.8) is 0 Å². The fourth-order valence-corrected chi connectivity index (χ4v) is 6.06. The molecule has 0 N–H and O–H groups in total. The van der Waals surface area contributed by atoms with Crippen LogP contribution in [-0.2, 0) is 13.6 Å². The summed E-state index contributed by atoms with van der Waals surface area (Å²) in [5.74, 6) is 0.724. The van der Waals surface area contributed by atoms with Gasteiger partial charge in [-0.05, 0) is 25.1 Å². The van der Waals surface area contributed by atoms with Crippen molar-refractivity contribution in [3.05, 3.63) is 74.0 Å². The van der Waals surface area contributed by atoms with Gasteiger partial charge in [-0.2, -0.15) is 4.57 Å². The Hall–Kier alpha value is -2.77. The van der Waals surface area contributed by atoms with Gasteiger partial charge in [-0.3, -0.25) is 9.36 Å². The molecule has 5 rings (SSSR count). The monoisotopic (exact) mass is 422 g/mol. The van der Waals surface area contributed by atoms with Crippen LogP contribution < -0.4 is 24.2 Å². The number of hydrogen-bond donors (Lipinski definition) is 0. The van der Waals surface area contributed by atoms with Crippen molar-refractivity contribution < 1.29 is 8.98 Å². The number of aromatic nitrogens is 2. The molecule has 29 heavy (non-hydrogen) atoms. The molecule has 0 fully saturated rings. The Balaban J connectivity index is 1.74. The van der Waals surface area contributed by atoms with Crippen molar-refractivity contribution in [1.29, 1.82) is 0 Å². The lowest BCUT2D eigenvalue weighted by Crippen LogP contribution is -2.34. The quantitative estimate of drug-likeness (QED) is 0.466. The van der Waals surface area contributed by atoms with Gasteiger partial charge in [0.1, 0.15) is 21.3 Å². The summed E-state index contributed by atoms with van der Waals surface area (Å²) in [7, 11) is 4.00. The maximum absolute atomic E-state index is 13.2. The maximum Gasteiger partial charge on any atom is 0.376 e. The third-order valence-corrected chi connectivity index (χ3v) is 7.66. The Bertz CT molecular complexity index is 1430. The zero-order chi connectivity index (χ0) is 20.1. The second-order valence-corrected chi connectivity index (χ2v) is 8.93. The lowest BCUT2D eigenvalue weighted by atomic mass is 10.3. The molecule has 7 heteroatoms. The summed E-state index contributed by atoms with van der Waals surface area (Å²) in [6, 6.07) is 16.2. The van der Waals surface area contributed by atoms with Gasteiger partial charge in [-0.25, -0.2) is 0 Å². The molecule has 0 amide bonds. The number of rotatable bonds is 2.